The quantitative estimate of drug-likeness (QED) is 0.237. The van der Waals surface area contributed by atoms with Crippen molar-refractivity contribution in [3.05, 3.63) is 96.1 Å². The molecule has 0 atom stereocenters. The number of nitrogens with two attached hydrogens (primary N) is 1. The van der Waals surface area contributed by atoms with E-state index in [1.54, 1.807) is 7.11 Å². The monoisotopic (exact) mass is 495 g/mol. The fourth-order valence-corrected chi connectivity index (χ4v) is 4.03. The Morgan fingerprint density at radius 2 is 1.43 bits per heavy atom. The number of para-hydroxylation sites is 1. The van der Waals surface area contributed by atoms with Crippen LogP contribution in [0.2, 0.25) is 0 Å². The van der Waals surface area contributed by atoms with E-state index in [1.165, 1.54) is 0 Å². The summed E-state index contributed by atoms with van der Waals surface area (Å²) in [5.41, 5.74) is 11.7. The maximum Gasteiger partial charge on any atom is 0.323 e. The van der Waals surface area contributed by atoms with Crippen LogP contribution >= 0.6 is 0 Å². The lowest BCUT2D eigenvalue weighted by Gasteiger charge is -2.23. The van der Waals surface area contributed by atoms with Crippen LogP contribution in [0.15, 0.2) is 84.9 Å². The first-order chi connectivity index (χ1) is 17.6. The number of rotatable bonds is 6. The van der Waals surface area contributed by atoms with Crippen molar-refractivity contribution in [1.29, 1.82) is 0 Å². The number of amides is 2. The fourth-order valence-electron chi connectivity index (χ4n) is 4.03. The Morgan fingerprint density at radius 1 is 0.784 bits per heavy atom. The molecule has 0 bridgehead atoms. The highest BCUT2D eigenvalue weighted by atomic mass is 16.5. The summed E-state index contributed by atoms with van der Waals surface area (Å²) in [4.78, 5) is 13.0. The summed E-state index contributed by atoms with van der Waals surface area (Å²) in [5.74, 6) is 1.87. The summed E-state index contributed by atoms with van der Waals surface area (Å²) in [5, 5.41) is 5.85. The largest absolute Gasteiger partial charge is 0.495 e. The van der Waals surface area contributed by atoms with Crippen LogP contribution in [-0.2, 0) is 5.41 Å². The van der Waals surface area contributed by atoms with Gasteiger partial charge < -0.3 is 25.8 Å². The van der Waals surface area contributed by atoms with E-state index in [0.717, 1.165) is 28.0 Å². The average Bonchev–Trinajstić information content (AvgIpc) is 2.86. The van der Waals surface area contributed by atoms with Gasteiger partial charge >= 0.3 is 6.03 Å². The SMILES string of the molecule is COc1ccc(-c2ccc(Oc3ccccc3C(C)(C)C)c(NC(=O)Nc3ccc(C)cc3)c2)cc1N. The van der Waals surface area contributed by atoms with Gasteiger partial charge in [-0.05, 0) is 65.9 Å². The number of hydrogen-bond donors (Lipinski definition) is 3. The van der Waals surface area contributed by atoms with Gasteiger partial charge in [-0.15, -0.1) is 0 Å². The second-order valence-corrected chi connectivity index (χ2v) is 9.96. The first-order valence-corrected chi connectivity index (χ1v) is 12.1. The van der Waals surface area contributed by atoms with Crippen LogP contribution < -0.4 is 25.8 Å². The van der Waals surface area contributed by atoms with Gasteiger partial charge in [0, 0.05) is 11.3 Å². The van der Waals surface area contributed by atoms with E-state index in [2.05, 4.69) is 37.5 Å². The van der Waals surface area contributed by atoms with Crippen LogP contribution in [0, 0.1) is 6.92 Å². The molecule has 4 aromatic rings. The second-order valence-electron chi connectivity index (χ2n) is 9.96. The molecule has 6 nitrogen and oxygen atoms in total. The minimum Gasteiger partial charge on any atom is -0.495 e. The van der Waals surface area contributed by atoms with Crippen molar-refractivity contribution in [2.45, 2.75) is 33.1 Å². The maximum absolute atomic E-state index is 13.0. The highest BCUT2D eigenvalue weighted by Gasteiger charge is 2.20. The summed E-state index contributed by atoms with van der Waals surface area (Å²) >= 11 is 0. The van der Waals surface area contributed by atoms with Gasteiger partial charge in [0.05, 0.1) is 18.5 Å². The van der Waals surface area contributed by atoms with Crippen LogP contribution in [0.25, 0.3) is 11.1 Å². The van der Waals surface area contributed by atoms with E-state index >= 15 is 0 Å². The van der Waals surface area contributed by atoms with Gasteiger partial charge in [-0.1, -0.05) is 68.8 Å². The molecule has 0 saturated carbocycles. The molecule has 0 saturated heterocycles. The number of anilines is 3. The van der Waals surface area contributed by atoms with E-state index in [9.17, 15) is 4.79 Å². The van der Waals surface area contributed by atoms with Crippen molar-refractivity contribution >= 4 is 23.1 Å². The third-order valence-electron chi connectivity index (χ3n) is 6.02. The average molecular weight is 496 g/mol. The van der Waals surface area contributed by atoms with Gasteiger partial charge in [0.15, 0.2) is 5.75 Å². The number of nitrogens with one attached hydrogen (secondary N) is 2. The molecule has 0 aliphatic rings. The molecule has 4 N–H and O–H groups in total. The van der Waals surface area contributed by atoms with Gasteiger partial charge in [0.1, 0.15) is 11.5 Å². The molecule has 0 heterocycles. The molecule has 0 spiro atoms. The van der Waals surface area contributed by atoms with Crippen molar-refractivity contribution in [1.82, 2.24) is 0 Å². The smallest absolute Gasteiger partial charge is 0.323 e. The zero-order valence-electron chi connectivity index (χ0n) is 21.9. The Morgan fingerprint density at radius 3 is 2.08 bits per heavy atom. The van der Waals surface area contributed by atoms with E-state index < -0.39 is 0 Å². The zero-order valence-corrected chi connectivity index (χ0v) is 21.9. The van der Waals surface area contributed by atoms with Crippen molar-refractivity contribution in [3.8, 4) is 28.4 Å². The zero-order chi connectivity index (χ0) is 26.6. The van der Waals surface area contributed by atoms with Gasteiger partial charge in [-0.25, -0.2) is 4.79 Å². The number of hydrogen-bond acceptors (Lipinski definition) is 4. The highest BCUT2D eigenvalue weighted by molar-refractivity contribution is 6.01. The molecule has 4 rings (SSSR count). The van der Waals surface area contributed by atoms with Crippen LogP contribution in [0.4, 0.5) is 21.9 Å². The van der Waals surface area contributed by atoms with E-state index in [1.807, 2.05) is 85.8 Å². The summed E-state index contributed by atoms with van der Waals surface area (Å²) in [7, 11) is 1.58. The Labute approximate surface area is 218 Å². The molecule has 0 aliphatic carbocycles. The predicted octanol–water partition coefficient (Wildman–Crippen LogP) is 7.99. The summed E-state index contributed by atoms with van der Waals surface area (Å²) < 4.78 is 11.7. The Hall–Kier alpha value is -4.45. The summed E-state index contributed by atoms with van der Waals surface area (Å²) in [6, 6.07) is 26.5. The minimum absolute atomic E-state index is 0.117. The van der Waals surface area contributed by atoms with Crippen LogP contribution in [0.5, 0.6) is 17.2 Å². The van der Waals surface area contributed by atoms with Gasteiger partial charge in [0.25, 0.3) is 0 Å². The van der Waals surface area contributed by atoms with Crippen LogP contribution in [0.1, 0.15) is 31.9 Å². The molecule has 2 amide bonds. The van der Waals surface area contributed by atoms with Crippen molar-refractivity contribution in [2.24, 2.45) is 0 Å². The standard InChI is InChI=1S/C31H33N3O3/c1-20-10-14-23(15-11-20)33-30(35)34-26-19-22(21-12-16-28(36-5)25(32)18-21)13-17-29(26)37-27-9-7-6-8-24(27)31(2,3)4/h6-19H,32H2,1-5H3,(H2,33,34,35). The van der Waals surface area contributed by atoms with Crippen molar-refractivity contribution in [2.75, 3.05) is 23.5 Å². The molecule has 4 aromatic carbocycles. The van der Waals surface area contributed by atoms with Gasteiger partial charge in [0.2, 0.25) is 0 Å². The summed E-state index contributed by atoms with van der Waals surface area (Å²) in [6.45, 7) is 8.42. The minimum atomic E-state index is -0.371. The van der Waals surface area contributed by atoms with E-state index in [-0.39, 0.29) is 11.4 Å². The molecule has 37 heavy (non-hydrogen) atoms. The number of aryl methyl sites for hydroxylation is 1. The van der Waals surface area contributed by atoms with Crippen molar-refractivity contribution < 1.29 is 14.3 Å². The Bertz CT molecular complexity index is 1410. The Kier molecular flexibility index (Phi) is 7.39. The van der Waals surface area contributed by atoms with Crippen LogP contribution in [0.3, 0.4) is 0 Å². The lowest BCUT2D eigenvalue weighted by atomic mass is 9.86. The predicted molar refractivity (Wildman–Crippen MR) is 152 cm³/mol. The molecular weight excluding hydrogens is 462 g/mol. The number of carbonyl (C=O) groups is 1. The molecule has 0 radical (unpaired) electrons. The lowest BCUT2D eigenvalue weighted by molar-refractivity contribution is 0.262. The van der Waals surface area contributed by atoms with E-state index in [4.69, 9.17) is 15.2 Å². The van der Waals surface area contributed by atoms with Crippen molar-refractivity contribution in [3.63, 3.8) is 0 Å². The third-order valence-corrected chi connectivity index (χ3v) is 6.02. The first kappa shape index (κ1) is 25.6. The fraction of sp³-hybridized carbons (Fsp3) is 0.194. The van der Waals surface area contributed by atoms with Crippen LogP contribution in [-0.4, -0.2) is 13.1 Å². The number of nitrogen functional groups attached to an aromatic ring is 1. The maximum atomic E-state index is 13.0. The normalized spacial score (nSPS) is 11.1. The third kappa shape index (κ3) is 6.22. The Balaban J connectivity index is 1.70. The molecule has 190 valence electrons. The number of methoxy groups -OCH3 is 1. The second kappa shape index (κ2) is 10.7. The van der Waals surface area contributed by atoms with E-state index in [0.29, 0.717) is 28.6 Å². The van der Waals surface area contributed by atoms with Gasteiger partial charge in [-0.2, -0.15) is 0 Å². The number of benzene rings is 4. The molecule has 6 heteroatoms. The lowest BCUT2D eigenvalue weighted by Crippen LogP contribution is -2.20. The molecular formula is C31H33N3O3. The topological polar surface area (TPSA) is 85.6 Å². The number of urea groups is 1. The molecule has 0 unspecified atom stereocenters. The molecule has 0 fully saturated rings. The molecule has 0 aliphatic heterocycles. The highest BCUT2D eigenvalue weighted by Crippen LogP contribution is 2.39. The van der Waals surface area contributed by atoms with Gasteiger partial charge in [-0.3, -0.25) is 0 Å². The number of ether oxygens (including phenoxy) is 2. The molecule has 0 aromatic heterocycles. The summed E-state index contributed by atoms with van der Waals surface area (Å²) in [6.07, 6.45) is 0. The number of carbonyl (C=O) groups excluding carboxylic acids is 1. The first-order valence-electron chi connectivity index (χ1n) is 12.1.